The number of nitrogens with zero attached hydrogens (tertiary/aromatic N) is 1. The van der Waals surface area contributed by atoms with Crippen molar-refractivity contribution in [1.82, 2.24) is 10.3 Å². The molecule has 0 aliphatic rings. The highest BCUT2D eigenvalue weighted by Gasteiger charge is 2.13. The fourth-order valence-electron chi connectivity index (χ4n) is 1.73. The zero-order valence-corrected chi connectivity index (χ0v) is 10.8. The molecule has 0 fully saturated rings. The zero-order chi connectivity index (χ0) is 12.3. The molecule has 0 radical (unpaired) electrons. The first-order chi connectivity index (χ1) is 8.20. The topological polar surface area (TPSA) is 24.9 Å². The van der Waals surface area contributed by atoms with Crippen molar-refractivity contribution in [2.24, 2.45) is 0 Å². The van der Waals surface area contributed by atoms with Crippen molar-refractivity contribution >= 4 is 23.2 Å². The normalized spacial score (nSPS) is 12.4. The van der Waals surface area contributed by atoms with Gasteiger partial charge in [-0.2, -0.15) is 0 Å². The molecular weight excluding hydrogens is 255 g/mol. The SMILES string of the molecule is CNC(c1cccc(Cl)c1)c1ccc(Cl)cn1. The van der Waals surface area contributed by atoms with Gasteiger partial charge in [0.1, 0.15) is 0 Å². The largest absolute Gasteiger partial charge is 0.308 e. The third-order valence-electron chi connectivity index (χ3n) is 2.52. The number of benzene rings is 1. The molecule has 0 bridgehead atoms. The van der Waals surface area contributed by atoms with E-state index in [1.54, 1.807) is 6.20 Å². The first-order valence-electron chi connectivity index (χ1n) is 5.25. The Kier molecular flexibility index (Phi) is 4.00. The lowest BCUT2D eigenvalue weighted by molar-refractivity contribution is 0.671. The molecule has 2 nitrogen and oxygen atoms in total. The van der Waals surface area contributed by atoms with Crippen molar-refractivity contribution in [2.45, 2.75) is 6.04 Å². The Balaban J connectivity index is 2.36. The summed E-state index contributed by atoms with van der Waals surface area (Å²) < 4.78 is 0. The number of nitrogens with one attached hydrogen (secondary N) is 1. The molecule has 17 heavy (non-hydrogen) atoms. The van der Waals surface area contributed by atoms with Crippen molar-refractivity contribution in [3.05, 3.63) is 63.9 Å². The lowest BCUT2D eigenvalue weighted by Crippen LogP contribution is -2.18. The van der Waals surface area contributed by atoms with E-state index in [4.69, 9.17) is 23.2 Å². The van der Waals surface area contributed by atoms with Crippen LogP contribution in [0.1, 0.15) is 17.3 Å². The first kappa shape index (κ1) is 12.4. The van der Waals surface area contributed by atoms with Crippen LogP contribution in [0.15, 0.2) is 42.6 Å². The molecule has 1 aromatic carbocycles. The molecule has 1 aromatic heterocycles. The average molecular weight is 267 g/mol. The first-order valence-corrected chi connectivity index (χ1v) is 6.00. The second-order valence-electron chi connectivity index (χ2n) is 3.68. The number of hydrogen-bond donors (Lipinski definition) is 1. The molecule has 88 valence electrons. The van der Waals surface area contributed by atoms with Crippen LogP contribution in [0.25, 0.3) is 0 Å². The molecule has 0 saturated carbocycles. The number of halogens is 2. The van der Waals surface area contributed by atoms with Crippen LogP contribution < -0.4 is 5.32 Å². The molecule has 0 saturated heterocycles. The van der Waals surface area contributed by atoms with Gasteiger partial charge in [-0.15, -0.1) is 0 Å². The van der Waals surface area contributed by atoms with Gasteiger partial charge in [-0.1, -0.05) is 35.3 Å². The van der Waals surface area contributed by atoms with E-state index in [0.29, 0.717) is 5.02 Å². The number of aromatic nitrogens is 1. The average Bonchev–Trinajstić information content (AvgIpc) is 2.33. The van der Waals surface area contributed by atoms with Gasteiger partial charge in [-0.05, 0) is 36.9 Å². The van der Waals surface area contributed by atoms with Crippen LogP contribution in [0, 0.1) is 0 Å². The van der Waals surface area contributed by atoms with Gasteiger partial charge in [0.25, 0.3) is 0 Å². The van der Waals surface area contributed by atoms with Crippen LogP contribution in [0.3, 0.4) is 0 Å². The van der Waals surface area contributed by atoms with Gasteiger partial charge in [0, 0.05) is 11.2 Å². The second kappa shape index (κ2) is 5.50. The van der Waals surface area contributed by atoms with Crippen LogP contribution in [-0.4, -0.2) is 12.0 Å². The Morgan fingerprint density at radius 2 is 1.94 bits per heavy atom. The number of pyridine rings is 1. The minimum absolute atomic E-state index is 0.0194. The summed E-state index contributed by atoms with van der Waals surface area (Å²) >= 11 is 11.8. The van der Waals surface area contributed by atoms with Crippen molar-refractivity contribution in [3.8, 4) is 0 Å². The van der Waals surface area contributed by atoms with Crippen LogP contribution in [0.4, 0.5) is 0 Å². The predicted octanol–water partition coefficient (Wildman–Crippen LogP) is 3.70. The smallest absolute Gasteiger partial charge is 0.0749 e. The molecule has 0 aliphatic carbocycles. The summed E-state index contributed by atoms with van der Waals surface area (Å²) in [5, 5.41) is 4.57. The van der Waals surface area contributed by atoms with Gasteiger partial charge in [-0.25, -0.2) is 0 Å². The molecule has 1 atom stereocenters. The van der Waals surface area contributed by atoms with Crippen LogP contribution in [0.2, 0.25) is 10.0 Å². The molecule has 4 heteroatoms. The van der Waals surface area contributed by atoms with E-state index in [9.17, 15) is 0 Å². The molecule has 1 unspecified atom stereocenters. The fraction of sp³-hybridized carbons (Fsp3) is 0.154. The van der Waals surface area contributed by atoms with E-state index in [-0.39, 0.29) is 6.04 Å². The Labute approximate surface area is 111 Å². The summed E-state index contributed by atoms with van der Waals surface area (Å²) in [6.07, 6.45) is 1.64. The van der Waals surface area contributed by atoms with Gasteiger partial charge in [0.15, 0.2) is 0 Å². The summed E-state index contributed by atoms with van der Waals surface area (Å²) in [6.45, 7) is 0. The lowest BCUT2D eigenvalue weighted by atomic mass is 10.0. The van der Waals surface area contributed by atoms with E-state index in [2.05, 4.69) is 10.3 Å². The minimum atomic E-state index is 0.0194. The molecule has 0 amide bonds. The molecule has 0 aliphatic heterocycles. The van der Waals surface area contributed by atoms with Crippen LogP contribution >= 0.6 is 23.2 Å². The number of rotatable bonds is 3. The van der Waals surface area contributed by atoms with Crippen molar-refractivity contribution in [2.75, 3.05) is 7.05 Å². The number of hydrogen-bond acceptors (Lipinski definition) is 2. The highest BCUT2D eigenvalue weighted by Crippen LogP contribution is 2.23. The van der Waals surface area contributed by atoms with E-state index in [1.165, 1.54) is 0 Å². The zero-order valence-electron chi connectivity index (χ0n) is 9.32. The summed E-state index contributed by atoms with van der Waals surface area (Å²) in [6, 6.07) is 11.5. The molecule has 2 rings (SSSR count). The fourth-order valence-corrected chi connectivity index (χ4v) is 2.04. The summed E-state index contributed by atoms with van der Waals surface area (Å²) in [7, 11) is 1.89. The molecule has 1 N–H and O–H groups in total. The highest BCUT2D eigenvalue weighted by molar-refractivity contribution is 6.30. The maximum absolute atomic E-state index is 5.99. The third-order valence-corrected chi connectivity index (χ3v) is 2.98. The van der Waals surface area contributed by atoms with Gasteiger partial charge in [0.2, 0.25) is 0 Å². The molecule has 0 spiro atoms. The molecule has 1 heterocycles. The van der Waals surface area contributed by atoms with Crippen LogP contribution in [0.5, 0.6) is 0 Å². The Morgan fingerprint density at radius 3 is 2.53 bits per heavy atom. The van der Waals surface area contributed by atoms with Gasteiger partial charge >= 0.3 is 0 Å². The van der Waals surface area contributed by atoms with E-state index in [1.807, 2.05) is 43.4 Å². The second-order valence-corrected chi connectivity index (χ2v) is 4.55. The molecular formula is C13H12Cl2N2. The van der Waals surface area contributed by atoms with E-state index >= 15 is 0 Å². The standard InChI is InChI=1S/C13H12Cl2N2/c1-16-13(9-3-2-4-10(14)7-9)12-6-5-11(15)8-17-12/h2-8,13,16H,1H3. The Bertz CT molecular complexity index is 497. The van der Waals surface area contributed by atoms with Crippen molar-refractivity contribution < 1.29 is 0 Å². The summed E-state index contributed by atoms with van der Waals surface area (Å²) in [5.41, 5.74) is 1.99. The Hall–Kier alpha value is -1.09. The van der Waals surface area contributed by atoms with E-state index < -0.39 is 0 Å². The third kappa shape index (κ3) is 2.97. The predicted molar refractivity (Wildman–Crippen MR) is 71.6 cm³/mol. The summed E-state index contributed by atoms with van der Waals surface area (Å²) in [4.78, 5) is 4.32. The van der Waals surface area contributed by atoms with Crippen molar-refractivity contribution in [3.63, 3.8) is 0 Å². The summed E-state index contributed by atoms with van der Waals surface area (Å²) in [5.74, 6) is 0. The maximum Gasteiger partial charge on any atom is 0.0749 e. The minimum Gasteiger partial charge on any atom is -0.308 e. The Morgan fingerprint density at radius 1 is 1.12 bits per heavy atom. The van der Waals surface area contributed by atoms with Crippen LogP contribution in [-0.2, 0) is 0 Å². The monoisotopic (exact) mass is 266 g/mol. The van der Waals surface area contributed by atoms with Gasteiger partial charge in [-0.3, -0.25) is 4.98 Å². The molecule has 2 aromatic rings. The lowest BCUT2D eigenvalue weighted by Gasteiger charge is -2.16. The maximum atomic E-state index is 5.99. The van der Waals surface area contributed by atoms with Crippen molar-refractivity contribution in [1.29, 1.82) is 0 Å². The highest BCUT2D eigenvalue weighted by atomic mass is 35.5. The van der Waals surface area contributed by atoms with Gasteiger partial charge in [0.05, 0.1) is 16.8 Å². The van der Waals surface area contributed by atoms with E-state index in [0.717, 1.165) is 16.3 Å². The quantitative estimate of drug-likeness (QED) is 0.917. The van der Waals surface area contributed by atoms with Gasteiger partial charge < -0.3 is 5.32 Å².